The highest BCUT2D eigenvalue weighted by atomic mass is 28.3. The Bertz CT molecular complexity index is 1230. The van der Waals surface area contributed by atoms with E-state index in [1.54, 1.807) is 12.8 Å². The van der Waals surface area contributed by atoms with Gasteiger partial charge >= 0.3 is 0 Å². The molecule has 16 unspecified atom stereocenters. The van der Waals surface area contributed by atoms with Crippen LogP contribution in [0.4, 0.5) is 0 Å². The second-order valence-corrected chi connectivity index (χ2v) is 47.0. The van der Waals surface area contributed by atoms with Crippen LogP contribution in [0.1, 0.15) is 83.5 Å². The molecule has 51 heavy (non-hydrogen) atoms. The molecule has 0 radical (unpaired) electrons. The van der Waals surface area contributed by atoms with Gasteiger partial charge in [-0.3, -0.25) is 9.80 Å². The van der Waals surface area contributed by atoms with Crippen molar-refractivity contribution < 1.29 is 9.47 Å². The third-order valence-corrected chi connectivity index (χ3v) is 30.4. The average Bonchev–Trinajstić information content (AvgIpc) is 3.04. The quantitative estimate of drug-likeness (QED) is 0.266. The zero-order valence-corrected chi connectivity index (χ0v) is 39.3. The SMILES string of the molecule is C[Si](C)(C)C1CCC2C(C1)OC1CC3OC4CC([Si](C)(C)C)CCC4N4C5CCC([Si](C)(C)C)CC5B5C6CC([Si](C)(C)C)CCC6N2C1C5C34. The van der Waals surface area contributed by atoms with Crippen molar-refractivity contribution in [2.75, 3.05) is 0 Å². The van der Waals surface area contributed by atoms with Crippen LogP contribution >= 0.6 is 0 Å². The molecule has 5 saturated carbocycles. The maximum absolute atomic E-state index is 7.69. The Morgan fingerprint density at radius 1 is 0.392 bits per heavy atom. The van der Waals surface area contributed by atoms with E-state index < -0.39 is 32.3 Å². The van der Waals surface area contributed by atoms with Gasteiger partial charge in [-0.05, 0) is 78.1 Å². The molecule has 288 valence electrons. The number of rotatable bonds is 4. The van der Waals surface area contributed by atoms with Gasteiger partial charge in [-0.25, -0.2) is 0 Å². The van der Waals surface area contributed by atoms with E-state index >= 15 is 0 Å². The van der Waals surface area contributed by atoms with Crippen molar-refractivity contribution in [1.82, 2.24) is 9.80 Å². The molecule has 0 amide bonds. The van der Waals surface area contributed by atoms with E-state index in [0.29, 0.717) is 48.6 Å². The summed E-state index contributed by atoms with van der Waals surface area (Å²) in [5, 5.41) is 0. The fourth-order valence-corrected chi connectivity index (χ4v) is 23.7. The lowest BCUT2D eigenvalue weighted by Gasteiger charge is -2.74. The minimum atomic E-state index is -1.23. The Balaban J connectivity index is 1.16. The fourth-order valence-electron chi connectivity index (χ4n) is 15.7. The van der Waals surface area contributed by atoms with Gasteiger partial charge < -0.3 is 9.47 Å². The molecule has 4 heterocycles. The molecule has 4 aliphatic heterocycles. The van der Waals surface area contributed by atoms with Crippen molar-refractivity contribution in [3.8, 4) is 0 Å². The first kappa shape index (κ1) is 37.4. The van der Waals surface area contributed by atoms with E-state index in [2.05, 4.69) is 88.4 Å². The highest BCUT2D eigenvalue weighted by Gasteiger charge is 2.72. The van der Waals surface area contributed by atoms with Crippen LogP contribution in [-0.2, 0) is 9.47 Å². The summed E-state index contributed by atoms with van der Waals surface area (Å²) in [6.45, 7) is 33.1. The van der Waals surface area contributed by atoms with Crippen LogP contribution in [0.5, 0.6) is 0 Å². The highest BCUT2D eigenvalue weighted by Crippen LogP contribution is 2.67. The molecule has 0 bridgehead atoms. The first-order chi connectivity index (χ1) is 23.8. The fraction of sp³-hybridized carbons (Fsp3) is 1.00. The number of hydrogen-bond acceptors (Lipinski definition) is 4. The molecule has 9 heteroatoms. The molecule has 9 fully saturated rings. The van der Waals surface area contributed by atoms with Crippen molar-refractivity contribution in [1.29, 1.82) is 0 Å². The molecule has 9 aliphatic rings. The summed E-state index contributed by atoms with van der Waals surface area (Å²) in [4.78, 5) is 6.71. The van der Waals surface area contributed by atoms with E-state index in [1.165, 1.54) is 70.6 Å². The summed E-state index contributed by atoms with van der Waals surface area (Å²) in [5.41, 5.74) is 3.84. The van der Waals surface area contributed by atoms with Gasteiger partial charge in [0, 0.05) is 75.0 Å². The summed E-state index contributed by atoms with van der Waals surface area (Å²) in [7, 11) is -4.89. The lowest BCUT2D eigenvalue weighted by atomic mass is 9.18. The van der Waals surface area contributed by atoms with Crippen molar-refractivity contribution in [2.45, 2.75) is 262 Å². The Kier molecular flexibility index (Phi) is 9.25. The number of morpholine rings is 2. The molecule has 9 rings (SSSR count). The monoisotopic (exact) mass is 767 g/mol. The second-order valence-electron chi connectivity index (χ2n) is 24.8. The van der Waals surface area contributed by atoms with Crippen LogP contribution in [0.15, 0.2) is 0 Å². The molecule has 0 aromatic carbocycles. The van der Waals surface area contributed by atoms with Crippen LogP contribution in [0.3, 0.4) is 0 Å². The van der Waals surface area contributed by atoms with Crippen molar-refractivity contribution in [3.63, 3.8) is 0 Å². The Labute approximate surface area is 319 Å². The standard InChI is InChI=1S/C42H79BN2O2Si4/c1-48(2,3)26-13-17-32-30(21-26)43-31-22-27(49(4,5)6)14-18-33(31)45-35-20-16-29(51(10,11)12)24-37(35)47-39-25-38-41(40(43)42(39)45)44(32)34-19-15-28(50(7,8)9)23-36(34)46-38/h26-42H,13-25H2,1-12H3. The summed E-state index contributed by atoms with van der Waals surface area (Å²) >= 11 is 0. The highest BCUT2D eigenvalue weighted by molar-refractivity contribution is 6.79. The van der Waals surface area contributed by atoms with Crippen LogP contribution in [0.25, 0.3) is 0 Å². The van der Waals surface area contributed by atoms with Crippen molar-refractivity contribution in [2.24, 2.45) is 0 Å². The molecule has 0 spiro atoms. The third kappa shape index (κ3) is 6.09. The van der Waals surface area contributed by atoms with E-state index in [-0.39, 0.29) is 0 Å². The van der Waals surface area contributed by atoms with Gasteiger partial charge in [-0.1, -0.05) is 117 Å². The molecule has 5 aliphatic carbocycles. The topological polar surface area (TPSA) is 24.9 Å². The minimum absolute atomic E-state index is 0.388. The molecule has 4 nitrogen and oxygen atoms in total. The van der Waals surface area contributed by atoms with Gasteiger partial charge in [-0.15, -0.1) is 0 Å². The summed E-state index contributed by atoms with van der Waals surface area (Å²) in [5.74, 6) is 2.56. The Morgan fingerprint density at radius 3 is 1.08 bits per heavy atom. The van der Waals surface area contributed by atoms with Crippen molar-refractivity contribution >= 4 is 39.0 Å². The molecule has 0 aromatic rings. The largest absolute Gasteiger partial charge is 0.372 e. The Morgan fingerprint density at radius 2 is 0.725 bits per heavy atom. The molecule has 4 saturated heterocycles. The van der Waals surface area contributed by atoms with E-state index in [4.69, 9.17) is 9.47 Å². The maximum atomic E-state index is 7.69. The molecule has 0 N–H and O–H groups in total. The molecule has 0 aromatic heterocycles. The molecular weight excluding hydrogens is 688 g/mol. The smallest absolute Gasteiger partial charge is 0.157 e. The number of fused-ring (bicyclic) bond motifs is 10. The minimum Gasteiger partial charge on any atom is -0.372 e. The first-order valence-electron chi connectivity index (χ1n) is 22.7. The first-order valence-corrected chi connectivity index (χ1v) is 37.0. The van der Waals surface area contributed by atoms with E-state index in [0.717, 1.165) is 58.4 Å². The third-order valence-electron chi connectivity index (χ3n) is 18.5. The second kappa shape index (κ2) is 12.6. The number of hydrogen-bond donors (Lipinski definition) is 0. The van der Waals surface area contributed by atoms with Gasteiger partial charge in [0.2, 0.25) is 0 Å². The lowest BCUT2D eigenvalue weighted by molar-refractivity contribution is -0.258. The normalized spacial score (nSPS) is 50.4. The lowest BCUT2D eigenvalue weighted by Crippen LogP contribution is -2.83. The van der Waals surface area contributed by atoms with Gasteiger partial charge in [0.05, 0.1) is 24.4 Å². The zero-order valence-electron chi connectivity index (χ0n) is 35.3. The molecule has 16 atom stereocenters. The molecular formula is C42H79BN2O2Si4. The number of ether oxygens (including phenoxy) is 2. The van der Waals surface area contributed by atoms with Crippen molar-refractivity contribution in [3.05, 3.63) is 0 Å². The summed E-state index contributed by atoms with van der Waals surface area (Å²) in [6, 6.07) is 4.24. The van der Waals surface area contributed by atoms with Gasteiger partial charge in [-0.2, -0.15) is 0 Å². The maximum Gasteiger partial charge on any atom is 0.157 e. The predicted molar refractivity (Wildman–Crippen MR) is 229 cm³/mol. The zero-order chi connectivity index (χ0) is 36.2. The van der Waals surface area contributed by atoms with E-state index in [9.17, 15) is 0 Å². The summed E-state index contributed by atoms with van der Waals surface area (Å²) in [6.07, 6.45) is 20.4. The summed E-state index contributed by atoms with van der Waals surface area (Å²) < 4.78 is 15.4. The average molecular weight is 767 g/mol. The van der Waals surface area contributed by atoms with Gasteiger partial charge in [0.1, 0.15) is 0 Å². The van der Waals surface area contributed by atoms with Gasteiger partial charge in [0.25, 0.3) is 0 Å². The van der Waals surface area contributed by atoms with Crippen LogP contribution in [-0.4, -0.2) is 109 Å². The van der Waals surface area contributed by atoms with Crippen LogP contribution in [0, 0.1) is 0 Å². The van der Waals surface area contributed by atoms with Crippen LogP contribution in [0.2, 0.25) is 118 Å². The predicted octanol–water partition coefficient (Wildman–Crippen LogP) is 10.9. The van der Waals surface area contributed by atoms with Crippen LogP contribution < -0.4 is 0 Å². The van der Waals surface area contributed by atoms with Gasteiger partial charge in [0.15, 0.2) is 6.71 Å². The number of nitrogens with zero attached hydrogens (tertiary/aromatic N) is 2. The Hall–Kier alpha value is 0.772. The van der Waals surface area contributed by atoms with E-state index in [1.807, 2.05) is 0 Å².